The van der Waals surface area contributed by atoms with E-state index in [1.807, 2.05) is 42.8 Å². The summed E-state index contributed by atoms with van der Waals surface area (Å²) in [5, 5.41) is 0. The molecule has 1 fully saturated rings. The van der Waals surface area contributed by atoms with Gasteiger partial charge in [-0.05, 0) is 54.3 Å². The lowest BCUT2D eigenvalue weighted by molar-refractivity contribution is 0.250. The van der Waals surface area contributed by atoms with Crippen LogP contribution in [-0.4, -0.2) is 48.6 Å². The molecule has 3 aromatic rings. The molecule has 0 atom stereocenters. The van der Waals surface area contributed by atoms with Gasteiger partial charge in [-0.1, -0.05) is 18.2 Å². The lowest BCUT2D eigenvalue weighted by Gasteiger charge is -2.36. The minimum atomic E-state index is 0.599. The third kappa shape index (κ3) is 4.69. The highest BCUT2D eigenvalue weighted by molar-refractivity contribution is 7.98. The quantitative estimate of drug-likeness (QED) is 0.576. The van der Waals surface area contributed by atoms with Crippen molar-refractivity contribution in [2.45, 2.75) is 11.4 Å². The minimum Gasteiger partial charge on any atom is -0.369 e. The molecule has 0 saturated carbocycles. The zero-order chi connectivity index (χ0) is 20.1. The minimum absolute atomic E-state index is 0.599. The Bertz CT molecular complexity index is 949. The molecule has 4 nitrogen and oxygen atoms in total. The van der Waals surface area contributed by atoms with E-state index in [1.54, 1.807) is 11.8 Å². The maximum atomic E-state index is 10.7. The number of benzene rings is 2. The molecule has 0 aliphatic carbocycles. The van der Waals surface area contributed by atoms with Crippen molar-refractivity contribution in [2.24, 2.45) is 0 Å². The standard InChI is InChI=1S/C24H24N3OS/c1-29-23-10-6-20(7-11-23)24-21(3-2-12-25-24)17-26-13-15-27(16-14-26)22-8-4-19(18-28)5-9-22/h2-12H,13-17H2,1H3. The van der Waals surface area contributed by atoms with E-state index in [-0.39, 0.29) is 0 Å². The van der Waals surface area contributed by atoms with Crippen molar-refractivity contribution in [3.63, 3.8) is 0 Å². The van der Waals surface area contributed by atoms with Crippen LogP contribution >= 0.6 is 11.8 Å². The number of hydrogen-bond donors (Lipinski definition) is 0. The average Bonchev–Trinajstić information content (AvgIpc) is 2.80. The number of hydrogen-bond acceptors (Lipinski definition) is 5. The van der Waals surface area contributed by atoms with Gasteiger partial charge in [-0.2, -0.15) is 0 Å². The number of anilines is 1. The first-order valence-electron chi connectivity index (χ1n) is 9.80. The van der Waals surface area contributed by atoms with E-state index in [1.165, 1.54) is 21.7 Å². The number of piperazine rings is 1. The molecule has 1 radical (unpaired) electrons. The summed E-state index contributed by atoms with van der Waals surface area (Å²) >= 11 is 1.75. The van der Waals surface area contributed by atoms with Crippen LogP contribution in [0.25, 0.3) is 11.3 Å². The van der Waals surface area contributed by atoms with Crippen molar-refractivity contribution in [2.75, 3.05) is 37.3 Å². The summed E-state index contributed by atoms with van der Waals surface area (Å²) in [6.07, 6.45) is 5.90. The fourth-order valence-corrected chi connectivity index (χ4v) is 4.13. The second kappa shape index (κ2) is 9.25. The maximum Gasteiger partial charge on any atom is 0.233 e. The number of pyridine rings is 1. The normalized spacial score (nSPS) is 14.7. The Hall–Kier alpha value is -2.63. The van der Waals surface area contributed by atoms with Crippen molar-refractivity contribution >= 4 is 23.7 Å². The number of nitrogens with zero attached hydrogens (tertiary/aromatic N) is 3. The van der Waals surface area contributed by atoms with E-state index < -0.39 is 0 Å². The SMILES string of the molecule is CSc1ccc(-c2ncccc2CN2CCN(c3ccc([C]=O)cc3)CC2)cc1. The number of rotatable bonds is 6. The third-order valence-electron chi connectivity index (χ3n) is 5.37. The smallest absolute Gasteiger partial charge is 0.233 e. The van der Waals surface area contributed by atoms with Crippen molar-refractivity contribution in [1.82, 2.24) is 9.88 Å². The molecule has 5 heteroatoms. The molecular formula is C24H24N3OS. The van der Waals surface area contributed by atoms with Crippen LogP contribution in [0.5, 0.6) is 0 Å². The zero-order valence-electron chi connectivity index (χ0n) is 16.5. The molecular weight excluding hydrogens is 378 g/mol. The van der Waals surface area contributed by atoms with Crippen LogP contribution in [0, 0.1) is 0 Å². The molecule has 1 aliphatic heterocycles. The maximum absolute atomic E-state index is 10.7. The van der Waals surface area contributed by atoms with Crippen molar-refractivity contribution in [3.05, 3.63) is 78.0 Å². The Morgan fingerprint density at radius 2 is 1.69 bits per heavy atom. The summed E-state index contributed by atoms with van der Waals surface area (Å²) in [5.74, 6) is 0. The van der Waals surface area contributed by atoms with E-state index >= 15 is 0 Å². The second-order valence-electron chi connectivity index (χ2n) is 7.15. The predicted octanol–water partition coefficient (Wildman–Crippen LogP) is 4.25. The molecule has 0 bridgehead atoms. The summed E-state index contributed by atoms with van der Waals surface area (Å²) in [6, 6.07) is 20.5. The van der Waals surface area contributed by atoms with Crippen molar-refractivity contribution in [3.8, 4) is 11.3 Å². The first-order chi connectivity index (χ1) is 14.3. The van der Waals surface area contributed by atoms with E-state index in [9.17, 15) is 4.79 Å². The molecule has 1 aliphatic rings. The summed E-state index contributed by atoms with van der Waals surface area (Å²) in [6.45, 7) is 4.85. The molecule has 2 aromatic carbocycles. The first kappa shape index (κ1) is 19.7. The number of carbonyl (C=O) groups excluding carboxylic acids is 1. The molecule has 0 spiro atoms. The van der Waals surface area contributed by atoms with Gasteiger partial charge in [0.05, 0.1) is 5.69 Å². The lowest BCUT2D eigenvalue weighted by atomic mass is 10.1. The Morgan fingerprint density at radius 3 is 2.34 bits per heavy atom. The average molecular weight is 403 g/mol. The molecule has 0 unspecified atom stereocenters. The van der Waals surface area contributed by atoms with Gasteiger partial charge >= 0.3 is 0 Å². The largest absolute Gasteiger partial charge is 0.369 e. The van der Waals surface area contributed by atoms with Gasteiger partial charge in [0.15, 0.2) is 0 Å². The van der Waals surface area contributed by atoms with Crippen LogP contribution in [-0.2, 0) is 11.3 Å². The summed E-state index contributed by atoms with van der Waals surface area (Å²) in [7, 11) is 0. The number of thioether (sulfide) groups is 1. The lowest BCUT2D eigenvalue weighted by Crippen LogP contribution is -2.46. The molecule has 2 heterocycles. The first-order valence-corrected chi connectivity index (χ1v) is 11.0. The van der Waals surface area contributed by atoms with Gasteiger partial charge < -0.3 is 4.90 Å². The van der Waals surface area contributed by atoms with Gasteiger partial charge in [-0.15, -0.1) is 11.8 Å². The van der Waals surface area contributed by atoms with Crippen LogP contribution in [0.4, 0.5) is 5.69 Å². The molecule has 147 valence electrons. The summed E-state index contributed by atoms with van der Waals surface area (Å²) in [4.78, 5) is 21.5. The van der Waals surface area contributed by atoms with E-state index in [4.69, 9.17) is 0 Å². The molecule has 29 heavy (non-hydrogen) atoms. The van der Waals surface area contributed by atoms with Gasteiger partial charge in [0.2, 0.25) is 6.29 Å². The van der Waals surface area contributed by atoms with Gasteiger partial charge in [0.25, 0.3) is 0 Å². The number of aromatic nitrogens is 1. The Kier molecular flexibility index (Phi) is 6.27. The van der Waals surface area contributed by atoms with Gasteiger partial charge in [-0.3, -0.25) is 14.7 Å². The van der Waals surface area contributed by atoms with Gasteiger partial charge in [0, 0.05) is 60.6 Å². The highest BCUT2D eigenvalue weighted by atomic mass is 32.2. The van der Waals surface area contributed by atoms with Crippen LogP contribution in [0.2, 0.25) is 0 Å². The molecule has 1 saturated heterocycles. The van der Waals surface area contributed by atoms with Crippen molar-refractivity contribution in [1.29, 1.82) is 0 Å². The highest BCUT2D eigenvalue weighted by Crippen LogP contribution is 2.26. The third-order valence-corrected chi connectivity index (χ3v) is 6.11. The fourth-order valence-electron chi connectivity index (χ4n) is 3.72. The fraction of sp³-hybridized carbons (Fsp3) is 0.250. The molecule has 1 aromatic heterocycles. The van der Waals surface area contributed by atoms with E-state index in [0.29, 0.717) is 5.56 Å². The van der Waals surface area contributed by atoms with Crippen molar-refractivity contribution < 1.29 is 4.79 Å². The van der Waals surface area contributed by atoms with Gasteiger partial charge in [-0.25, -0.2) is 0 Å². The Balaban J connectivity index is 1.42. The predicted molar refractivity (Wildman–Crippen MR) is 120 cm³/mol. The molecule has 0 amide bonds. The van der Waals surface area contributed by atoms with Gasteiger partial charge in [0.1, 0.15) is 0 Å². The topological polar surface area (TPSA) is 36.4 Å². The van der Waals surface area contributed by atoms with Crippen LogP contribution < -0.4 is 4.90 Å². The Labute approximate surface area is 176 Å². The summed E-state index contributed by atoms with van der Waals surface area (Å²) < 4.78 is 0. The molecule has 4 rings (SSSR count). The Morgan fingerprint density at radius 1 is 0.966 bits per heavy atom. The highest BCUT2D eigenvalue weighted by Gasteiger charge is 2.19. The zero-order valence-corrected chi connectivity index (χ0v) is 17.4. The van der Waals surface area contributed by atoms with E-state index in [2.05, 4.69) is 51.4 Å². The second-order valence-corrected chi connectivity index (χ2v) is 8.03. The monoisotopic (exact) mass is 402 g/mol. The van der Waals surface area contributed by atoms with Crippen LogP contribution in [0.1, 0.15) is 11.1 Å². The van der Waals surface area contributed by atoms with Crippen LogP contribution in [0.15, 0.2) is 71.8 Å². The van der Waals surface area contributed by atoms with E-state index in [0.717, 1.165) is 38.4 Å². The summed E-state index contributed by atoms with van der Waals surface area (Å²) in [5.41, 5.74) is 5.28. The molecule has 0 N–H and O–H groups in total. The van der Waals surface area contributed by atoms with Crippen LogP contribution in [0.3, 0.4) is 0 Å².